The third kappa shape index (κ3) is 4.99. The van der Waals surface area contributed by atoms with Crippen molar-refractivity contribution in [3.05, 3.63) is 44.7 Å². The first-order valence-corrected chi connectivity index (χ1v) is 12.4. The van der Waals surface area contributed by atoms with E-state index < -0.39 is 17.6 Å². The Kier molecular flexibility index (Phi) is 7.71. The fraction of sp³-hybridized carbons (Fsp3) is 0.391. The molecule has 1 atom stereocenters. The molecule has 2 aromatic heterocycles. The second kappa shape index (κ2) is 10.8. The Bertz CT molecular complexity index is 1340. The minimum atomic E-state index is -0.936. The molecule has 2 fully saturated rings. The summed E-state index contributed by atoms with van der Waals surface area (Å²) in [6, 6.07) is 2.59. The largest absolute Gasteiger partial charge is 0.469 e. The fourth-order valence-corrected chi connectivity index (χ4v) is 5.30. The Balaban J connectivity index is 1.88. The van der Waals surface area contributed by atoms with Crippen LogP contribution in [0.3, 0.4) is 0 Å². The quantitative estimate of drug-likeness (QED) is 0.311. The van der Waals surface area contributed by atoms with Gasteiger partial charge in [0.25, 0.3) is 11.5 Å². The lowest BCUT2D eigenvalue weighted by atomic mass is 10.1. The molecule has 2 amide bonds. The van der Waals surface area contributed by atoms with Gasteiger partial charge in [-0.2, -0.15) is 0 Å². The van der Waals surface area contributed by atoms with Crippen molar-refractivity contribution in [3.63, 3.8) is 0 Å². The number of amides is 2. The van der Waals surface area contributed by atoms with Crippen LogP contribution in [0, 0.1) is 6.92 Å². The van der Waals surface area contributed by atoms with Gasteiger partial charge < -0.3 is 19.7 Å². The monoisotopic (exact) mass is 531 g/mol. The van der Waals surface area contributed by atoms with Gasteiger partial charge in [-0.25, -0.2) is 4.98 Å². The predicted molar refractivity (Wildman–Crippen MR) is 139 cm³/mol. The third-order valence-corrected chi connectivity index (χ3v) is 7.22. The molecule has 2 aromatic rings. The highest BCUT2D eigenvalue weighted by Crippen LogP contribution is 2.34. The number of aryl methyl sites for hydroxylation is 1. The zero-order chi connectivity index (χ0) is 26.0. The van der Waals surface area contributed by atoms with Crippen LogP contribution in [0.1, 0.15) is 17.5 Å². The summed E-state index contributed by atoms with van der Waals surface area (Å²) in [6.07, 6.45) is 2.90. The first-order valence-electron chi connectivity index (χ1n) is 11.1. The maximum Gasteiger partial charge on any atom is 0.308 e. The minimum absolute atomic E-state index is 0.120. The van der Waals surface area contributed by atoms with Crippen LogP contribution in [-0.4, -0.2) is 82.9 Å². The summed E-state index contributed by atoms with van der Waals surface area (Å²) in [7, 11) is 2.77. The van der Waals surface area contributed by atoms with Crippen LogP contribution in [-0.2, 0) is 23.9 Å². The molecule has 190 valence electrons. The number of carbonyl (C=O) groups is 3. The molecule has 1 N–H and O–H groups in total. The molecule has 13 heteroatoms. The number of fused-ring (bicyclic) bond motifs is 1. The van der Waals surface area contributed by atoms with E-state index in [4.69, 9.17) is 26.7 Å². The van der Waals surface area contributed by atoms with E-state index in [0.717, 1.165) is 17.3 Å². The molecule has 0 unspecified atom stereocenters. The first-order chi connectivity index (χ1) is 17.2. The number of aromatic nitrogens is 2. The SMILES string of the molecule is COCCN1C(=O)/C(=C/c2c(N3CCNC(=O)[C@@H]3CC(=O)OC)nc3ccc(C)cn3c2=O)SC1=S. The Morgan fingerprint density at radius 3 is 2.81 bits per heavy atom. The number of esters is 1. The Hall–Kier alpha value is -3.29. The molecule has 0 aromatic carbocycles. The number of carbonyl (C=O) groups excluding carboxylic acids is 3. The molecule has 2 aliphatic rings. The lowest BCUT2D eigenvalue weighted by Crippen LogP contribution is -2.57. The maximum atomic E-state index is 13.7. The Morgan fingerprint density at radius 2 is 2.08 bits per heavy atom. The van der Waals surface area contributed by atoms with Gasteiger partial charge in [-0.15, -0.1) is 0 Å². The van der Waals surface area contributed by atoms with Crippen LogP contribution >= 0.6 is 24.0 Å². The van der Waals surface area contributed by atoms with E-state index >= 15 is 0 Å². The number of thiocarbonyl (C=S) groups is 1. The van der Waals surface area contributed by atoms with Crippen molar-refractivity contribution in [2.24, 2.45) is 0 Å². The number of anilines is 1. The van der Waals surface area contributed by atoms with Crippen molar-refractivity contribution < 1.29 is 23.9 Å². The number of piperazine rings is 1. The number of thioether (sulfide) groups is 1. The van der Waals surface area contributed by atoms with Crippen molar-refractivity contribution in [1.82, 2.24) is 19.6 Å². The lowest BCUT2D eigenvalue weighted by molar-refractivity contribution is -0.143. The summed E-state index contributed by atoms with van der Waals surface area (Å²) in [6.45, 7) is 3.04. The van der Waals surface area contributed by atoms with Crippen LogP contribution in [0.2, 0.25) is 0 Å². The number of hydrogen-bond donors (Lipinski definition) is 1. The first kappa shape index (κ1) is 25.8. The molecule has 2 aliphatic heterocycles. The zero-order valence-electron chi connectivity index (χ0n) is 20.0. The van der Waals surface area contributed by atoms with Crippen molar-refractivity contribution in [2.45, 2.75) is 19.4 Å². The zero-order valence-corrected chi connectivity index (χ0v) is 21.6. The molecule has 4 rings (SSSR count). The highest BCUT2D eigenvalue weighted by atomic mass is 32.2. The molecule has 0 spiro atoms. The van der Waals surface area contributed by atoms with Gasteiger partial charge in [0.15, 0.2) is 0 Å². The van der Waals surface area contributed by atoms with E-state index in [1.165, 1.54) is 29.6 Å². The van der Waals surface area contributed by atoms with Gasteiger partial charge in [0.05, 0.1) is 37.2 Å². The molecule has 0 aliphatic carbocycles. The minimum Gasteiger partial charge on any atom is -0.469 e. The molecular weight excluding hydrogens is 506 g/mol. The van der Waals surface area contributed by atoms with Gasteiger partial charge in [-0.1, -0.05) is 30.0 Å². The smallest absolute Gasteiger partial charge is 0.308 e. The standard InChI is InChI=1S/C23H25N5O6S2/c1-13-4-5-17-25-19(26-7-6-24-20(30)15(26)11-18(29)34-3)14(21(31)28(17)12-13)10-16-22(32)27(8-9-33-2)23(35)36-16/h4-5,10,12,15H,6-9,11H2,1-3H3,(H,24,30)/b16-10-/t15-/m0/s1. The van der Waals surface area contributed by atoms with E-state index in [9.17, 15) is 19.2 Å². The highest BCUT2D eigenvalue weighted by Gasteiger charge is 2.36. The Morgan fingerprint density at radius 1 is 1.31 bits per heavy atom. The number of hydrogen-bond acceptors (Lipinski definition) is 10. The summed E-state index contributed by atoms with van der Waals surface area (Å²) in [4.78, 5) is 59.6. The van der Waals surface area contributed by atoms with Gasteiger partial charge in [0, 0.05) is 26.4 Å². The normalized spacial score (nSPS) is 19.4. The summed E-state index contributed by atoms with van der Waals surface area (Å²) in [5, 5.41) is 2.74. The molecule has 2 saturated heterocycles. The molecule has 0 saturated carbocycles. The highest BCUT2D eigenvalue weighted by molar-refractivity contribution is 8.26. The third-order valence-electron chi connectivity index (χ3n) is 5.84. The van der Waals surface area contributed by atoms with Gasteiger partial charge >= 0.3 is 5.97 Å². The summed E-state index contributed by atoms with van der Waals surface area (Å²) in [5.74, 6) is -1.09. The number of nitrogens with one attached hydrogen (secondary N) is 1. The average molecular weight is 532 g/mol. The second-order valence-corrected chi connectivity index (χ2v) is 9.87. The number of methoxy groups -OCH3 is 2. The average Bonchev–Trinajstić information content (AvgIpc) is 3.12. The van der Waals surface area contributed by atoms with E-state index in [1.54, 1.807) is 17.2 Å². The number of ether oxygens (including phenoxy) is 2. The van der Waals surface area contributed by atoms with Crippen LogP contribution in [0.4, 0.5) is 5.82 Å². The molecular formula is C23H25N5O6S2. The maximum absolute atomic E-state index is 13.7. The van der Waals surface area contributed by atoms with Gasteiger partial charge in [0.1, 0.15) is 21.8 Å². The van der Waals surface area contributed by atoms with Crippen LogP contribution in [0.15, 0.2) is 28.0 Å². The van der Waals surface area contributed by atoms with E-state index in [-0.39, 0.29) is 41.1 Å². The van der Waals surface area contributed by atoms with Gasteiger partial charge in [0.2, 0.25) is 5.91 Å². The second-order valence-electron chi connectivity index (χ2n) is 8.20. The summed E-state index contributed by atoms with van der Waals surface area (Å²) >= 11 is 6.44. The van der Waals surface area contributed by atoms with Crippen molar-refractivity contribution in [2.75, 3.05) is 45.4 Å². The molecule has 11 nitrogen and oxygen atoms in total. The van der Waals surface area contributed by atoms with E-state index in [1.807, 2.05) is 13.0 Å². The topological polar surface area (TPSA) is 123 Å². The predicted octanol–water partition coefficient (Wildman–Crippen LogP) is 0.718. The van der Waals surface area contributed by atoms with E-state index in [0.29, 0.717) is 29.7 Å². The summed E-state index contributed by atoms with van der Waals surface area (Å²) < 4.78 is 11.6. The molecule has 36 heavy (non-hydrogen) atoms. The van der Waals surface area contributed by atoms with Crippen molar-refractivity contribution >= 4 is 63.6 Å². The molecule has 0 bridgehead atoms. The van der Waals surface area contributed by atoms with Gasteiger partial charge in [-0.05, 0) is 24.6 Å². The van der Waals surface area contributed by atoms with Crippen LogP contribution < -0.4 is 15.8 Å². The van der Waals surface area contributed by atoms with Crippen molar-refractivity contribution in [1.29, 1.82) is 0 Å². The molecule has 4 heterocycles. The van der Waals surface area contributed by atoms with Crippen LogP contribution in [0.25, 0.3) is 11.7 Å². The number of nitrogens with zero attached hydrogens (tertiary/aromatic N) is 4. The summed E-state index contributed by atoms with van der Waals surface area (Å²) in [5.41, 5.74) is 0.920. The fourth-order valence-electron chi connectivity index (χ4n) is 4.01. The lowest BCUT2D eigenvalue weighted by Gasteiger charge is -2.36. The number of pyridine rings is 1. The Labute approximate surface area is 216 Å². The van der Waals surface area contributed by atoms with Crippen molar-refractivity contribution in [3.8, 4) is 0 Å². The number of rotatable bonds is 7. The van der Waals surface area contributed by atoms with Crippen LogP contribution in [0.5, 0.6) is 0 Å². The van der Waals surface area contributed by atoms with Gasteiger partial charge in [-0.3, -0.25) is 28.5 Å². The molecule has 0 radical (unpaired) electrons. The van der Waals surface area contributed by atoms with E-state index in [2.05, 4.69) is 5.32 Å².